The van der Waals surface area contributed by atoms with Gasteiger partial charge in [-0.2, -0.15) is 0 Å². The minimum atomic E-state index is -1.37. The zero-order chi connectivity index (χ0) is 16.4. The van der Waals surface area contributed by atoms with E-state index < -0.39 is 42.4 Å². The molecule has 1 fully saturated rings. The largest absolute Gasteiger partial charge is 0.394 e. The van der Waals surface area contributed by atoms with E-state index in [9.17, 15) is 19.8 Å². The molecule has 0 aliphatic carbocycles. The van der Waals surface area contributed by atoms with Crippen LogP contribution in [0.15, 0.2) is 15.8 Å². The van der Waals surface area contributed by atoms with E-state index in [0.29, 0.717) is 18.5 Å². The number of aromatic amines is 1. The fourth-order valence-corrected chi connectivity index (χ4v) is 2.35. The lowest BCUT2D eigenvalue weighted by atomic mass is 10.1. The second-order valence-corrected chi connectivity index (χ2v) is 5.60. The summed E-state index contributed by atoms with van der Waals surface area (Å²) in [4.78, 5) is 27.8. The van der Waals surface area contributed by atoms with E-state index in [2.05, 4.69) is 4.98 Å². The van der Waals surface area contributed by atoms with Crippen molar-refractivity contribution in [3.63, 3.8) is 0 Å². The lowest BCUT2D eigenvalue weighted by molar-refractivity contribution is -0.0551. The Labute approximate surface area is 126 Å². The van der Waals surface area contributed by atoms with Crippen molar-refractivity contribution in [1.82, 2.24) is 14.5 Å². The second kappa shape index (κ2) is 6.71. The topological polar surface area (TPSA) is 128 Å². The van der Waals surface area contributed by atoms with Gasteiger partial charge >= 0.3 is 5.69 Å². The number of rotatable bonds is 5. The van der Waals surface area contributed by atoms with Crippen LogP contribution >= 0.6 is 0 Å². The molecule has 2 heterocycles. The van der Waals surface area contributed by atoms with Crippen LogP contribution < -0.4 is 11.2 Å². The molecule has 0 amide bonds. The van der Waals surface area contributed by atoms with Crippen molar-refractivity contribution in [2.24, 2.45) is 0 Å². The van der Waals surface area contributed by atoms with Crippen molar-refractivity contribution in [2.45, 2.75) is 31.0 Å². The van der Waals surface area contributed by atoms with E-state index in [1.165, 1.54) is 6.20 Å². The van der Waals surface area contributed by atoms with E-state index in [0.717, 1.165) is 4.57 Å². The van der Waals surface area contributed by atoms with Crippen LogP contribution in [0.2, 0.25) is 0 Å². The van der Waals surface area contributed by atoms with Gasteiger partial charge in [-0.1, -0.05) is 0 Å². The summed E-state index contributed by atoms with van der Waals surface area (Å²) in [5.41, 5.74) is -0.866. The van der Waals surface area contributed by atoms with Gasteiger partial charge in [-0.15, -0.1) is 0 Å². The van der Waals surface area contributed by atoms with Gasteiger partial charge in [-0.05, 0) is 20.5 Å². The molecule has 4 atom stereocenters. The molecule has 0 bridgehead atoms. The maximum atomic E-state index is 11.9. The van der Waals surface area contributed by atoms with E-state index in [1.54, 1.807) is 0 Å². The molecule has 9 nitrogen and oxygen atoms in total. The molecule has 0 saturated carbocycles. The van der Waals surface area contributed by atoms with Gasteiger partial charge in [-0.3, -0.25) is 14.3 Å². The number of aliphatic hydroxyl groups excluding tert-OH is 3. The second-order valence-electron chi connectivity index (χ2n) is 5.60. The summed E-state index contributed by atoms with van der Waals surface area (Å²) in [5, 5.41) is 28.8. The first kappa shape index (κ1) is 16.8. The van der Waals surface area contributed by atoms with Crippen LogP contribution in [0.25, 0.3) is 0 Å². The number of hydrogen-bond donors (Lipinski definition) is 4. The Morgan fingerprint density at radius 2 is 2.00 bits per heavy atom. The van der Waals surface area contributed by atoms with Crippen molar-refractivity contribution in [1.29, 1.82) is 0 Å². The highest BCUT2D eigenvalue weighted by atomic mass is 16.6. The number of nitrogens with zero attached hydrogens (tertiary/aromatic N) is 2. The third kappa shape index (κ3) is 3.28. The predicted molar refractivity (Wildman–Crippen MR) is 76.6 cm³/mol. The standard InChI is InChI=1S/C13H21N3O6/c1-15(2)4-3-7-5-16(13(21)14-11(7)20)12-10(19)9(18)8(6-17)22-12/h5,8-10,12,17-19H,3-4,6H2,1-2H3,(H,14,20,21)/t8-,9-,10-,12-/m1/s1. The van der Waals surface area contributed by atoms with Crippen LogP contribution in [0, 0.1) is 0 Å². The molecule has 9 heteroatoms. The van der Waals surface area contributed by atoms with Gasteiger partial charge in [-0.25, -0.2) is 4.79 Å². The fraction of sp³-hybridized carbons (Fsp3) is 0.692. The van der Waals surface area contributed by atoms with Gasteiger partial charge in [0.1, 0.15) is 18.3 Å². The minimum absolute atomic E-state index is 0.367. The molecule has 0 spiro atoms. The Bertz CT molecular complexity index is 625. The first-order valence-corrected chi connectivity index (χ1v) is 6.96. The maximum Gasteiger partial charge on any atom is 0.330 e. The molecule has 1 aromatic rings. The normalized spacial score (nSPS) is 28.5. The molecular weight excluding hydrogens is 294 g/mol. The molecule has 0 radical (unpaired) electrons. The van der Waals surface area contributed by atoms with E-state index in [-0.39, 0.29) is 0 Å². The smallest absolute Gasteiger partial charge is 0.330 e. The summed E-state index contributed by atoms with van der Waals surface area (Å²) in [5.74, 6) is 0. The molecule has 1 aliphatic heterocycles. The quantitative estimate of drug-likeness (QED) is 0.464. The average molecular weight is 315 g/mol. The van der Waals surface area contributed by atoms with Crippen LogP contribution in [0.4, 0.5) is 0 Å². The summed E-state index contributed by atoms with van der Waals surface area (Å²) in [6.45, 7) is 0.123. The zero-order valence-electron chi connectivity index (χ0n) is 12.5. The molecular formula is C13H21N3O6. The van der Waals surface area contributed by atoms with Gasteiger partial charge in [0, 0.05) is 18.3 Å². The number of ether oxygens (including phenoxy) is 1. The Kier molecular flexibility index (Phi) is 5.14. The van der Waals surface area contributed by atoms with E-state index >= 15 is 0 Å². The van der Waals surface area contributed by atoms with E-state index in [1.807, 2.05) is 19.0 Å². The SMILES string of the molecule is CN(C)CCc1cn([C@@H]2O[C@H](CO)[C@@H](O)[C@H]2O)c(=O)[nH]c1=O. The summed E-state index contributed by atoms with van der Waals surface area (Å²) in [7, 11) is 3.71. The van der Waals surface area contributed by atoms with Gasteiger partial charge in [0.05, 0.1) is 6.61 Å². The zero-order valence-corrected chi connectivity index (χ0v) is 12.5. The number of likely N-dealkylation sites (N-methyl/N-ethyl adjacent to an activating group) is 1. The number of aromatic nitrogens is 2. The van der Waals surface area contributed by atoms with Crippen LogP contribution in [0.1, 0.15) is 11.8 Å². The Hall–Kier alpha value is -1.52. The van der Waals surface area contributed by atoms with Crippen LogP contribution in [-0.2, 0) is 11.2 Å². The maximum absolute atomic E-state index is 11.9. The fourth-order valence-electron chi connectivity index (χ4n) is 2.35. The first-order chi connectivity index (χ1) is 10.3. The van der Waals surface area contributed by atoms with Crippen LogP contribution in [0.5, 0.6) is 0 Å². The number of hydrogen-bond acceptors (Lipinski definition) is 7. The Balaban J connectivity index is 2.33. The Morgan fingerprint density at radius 1 is 1.32 bits per heavy atom. The summed E-state index contributed by atoms with van der Waals surface area (Å²) >= 11 is 0. The number of aliphatic hydroxyl groups is 3. The molecule has 4 N–H and O–H groups in total. The van der Waals surface area contributed by atoms with Gasteiger partial charge in [0.2, 0.25) is 0 Å². The van der Waals surface area contributed by atoms with Crippen molar-refractivity contribution in [3.05, 3.63) is 32.6 Å². The van der Waals surface area contributed by atoms with Gasteiger partial charge < -0.3 is 25.0 Å². The monoisotopic (exact) mass is 315 g/mol. The molecule has 0 aromatic carbocycles. The number of nitrogens with one attached hydrogen (secondary N) is 1. The lowest BCUT2D eigenvalue weighted by Crippen LogP contribution is -2.39. The molecule has 124 valence electrons. The molecule has 0 unspecified atom stereocenters. The molecule has 2 rings (SSSR count). The molecule has 22 heavy (non-hydrogen) atoms. The minimum Gasteiger partial charge on any atom is -0.394 e. The summed E-state index contributed by atoms with van der Waals surface area (Å²) in [6, 6.07) is 0. The van der Waals surface area contributed by atoms with Gasteiger partial charge in [0.25, 0.3) is 5.56 Å². The van der Waals surface area contributed by atoms with Crippen molar-refractivity contribution >= 4 is 0 Å². The Morgan fingerprint density at radius 3 is 2.55 bits per heavy atom. The summed E-state index contributed by atoms with van der Waals surface area (Å²) < 4.78 is 6.34. The highest BCUT2D eigenvalue weighted by Crippen LogP contribution is 2.27. The van der Waals surface area contributed by atoms with Crippen LogP contribution in [-0.4, -0.2) is 75.3 Å². The third-order valence-corrected chi connectivity index (χ3v) is 3.66. The molecule has 1 saturated heterocycles. The average Bonchev–Trinajstić information content (AvgIpc) is 2.74. The lowest BCUT2D eigenvalue weighted by Gasteiger charge is -2.18. The number of H-pyrrole nitrogens is 1. The molecule has 1 aromatic heterocycles. The first-order valence-electron chi connectivity index (χ1n) is 6.96. The highest BCUT2D eigenvalue weighted by Gasteiger charge is 2.43. The van der Waals surface area contributed by atoms with Gasteiger partial charge in [0.15, 0.2) is 6.23 Å². The van der Waals surface area contributed by atoms with Crippen molar-refractivity contribution in [3.8, 4) is 0 Å². The highest BCUT2D eigenvalue weighted by molar-refractivity contribution is 5.06. The van der Waals surface area contributed by atoms with Crippen molar-refractivity contribution in [2.75, 3.05) is 27.2 Å². The summed E-state index contributed by atoms with van der Waals surface area (Å²) in [6.07, 6.45) is -3.08. The molecule has 1 aliphatic rings. The van der Waals surface area contributed by atoms with Crippen molar-refractivity contribution < 1.29 is 20.1 Å². The van der Waals surface area contributed by atoms with E-state index in [4.69, 9.17) is 9.84 Å². The third-order valence-electron chi connectivity index (χ3n) is 3.66. The predicted octanol–water partition coefficient (Wildman–Crippen LogP) is -2.75. The van der Waals surface area contributed by atoms with Crippen LogP contribution in [0.3, 0.4) is 0 Å².